The molecular formula is C19H25N5O2. The van der Waals surface area contributed by atoms with Gasteiger partial charge in [-0.05, 0) is 38.5 Å². The van der Waals surface area contributed by atoms with E-state index in [-0.39, 0.29) is 23.1 Å². The lowest BCUT2D eigenvalue weighted by Gasteiger charge is -2.35. The van der Waals surface area contributed by atoms with Gasteiger partial charge < -0.3 is 14.5 Å². The Bertz CT molecular complexity index is 852. The number of nitrogens with one attached hydrogen (secondary N) is 1. The first kappa shape index (κ1) is 17.0. The van der Waals surface area contributed by atoms with Crippen LogP contribution < -0.4 is 5.56 Å². The summed E-state index contributed by atoms with van der Waals surface area (Å²) in [6.45, 7) is 0.702. The molecule has 4 rings (SSSR count). The third-order valence-electron chi connectivity index (χ3n) is 5.52. The van der Waals surface area contributed by atoms with Crippen LogP contribution in [0.2, 0.25) is 0 Å². The minimum Gasteiger partial charge on any atom is -0.338 e. The van der Waals surface area contributed by atoms with Gasteiger partial charge in [-0.25, -0.2) is 9.97 Å². The van der Waals surface area contributed by atoms with Crippen molar-refractivity contribution >= 4 is 5.91 Å². The Kier molecular flexibility index (Phi) is 4.61. The Labute approximate surface area is 152 Å². The minimum absolute atomic E-state index is 0.149. The predicted molar refractivity (Wildman–Crippen MR) is 97.0 cm³/mol. The van der Waals surface area contributed by atoms with Gasteiger partial charge in [-0.2, -0.15) is 0 Å². The first-order chi connectivity index (χ1) is 12.6. The maximum absolute atomic E-state index is 13.0. The topological polar surface area (TPSA) is 83.9 Å². The van der Waals surface area contributed by atoms with Gasteiger partial charge in [0.2, 0.25) is 0 Å². The summed E-state index contributed by atoms with van der Waals surface area (Å²) in [5, 5.41) is 0. The van der Waals surface area contributed by atoms with Crippen molar-refractivity contribution in [3.8, 4) is 0 Å². The third-order valence-corrected chi connectivity index (χ3v) is 5.52. The Hall–Kier alpha value is -2.44. The van der Waals surface area contributed by atoms with E-state index in [9.17, 15) is 9.59 Å². The molecule has 2 aromatic rings. The van der Waals surface area contributed by atoms with Crippen LogP contribution in [0.4, 0.5) is 0 Å². The SMILES string of the molecule is Cn1ccnc1CC[C@@H]1CCCCN1C(=O)c1cnc(C2CC2)[nH]c1=O. The van der Waals surface area contributed by atoms with Crippen molar-refractivity contribution in [1.29, 1.82) is 0 Å². The van der Waals surface area contributed by atoms with E-state index in [2.05, 4.69) is 15.0 Å². The van der Waals surface area contributed by atoms with Crippen molar-refractivity contribution in [2.45, 2.75) is 56.9 Å². The number of carbonyl (C=O) groups excluding carboxylic acids is 1. The Morgan fingerprint density at radius 3 is 2.81 bits per heavy atom. The first-order valence-electron chi connectivity index (χ1n) is 9.50. The summed E-state index contributed by atoms with van der Waals surface area (Å²) in [4.78, 5) is 38.8. The third kappa shape index (κ3) is 3.43. The van der Waals surface area contributed by atoms with Crippen LogP contribution in [0.25, 0.3) is 0 Å². The molecule has 2 fully saturated rings. The average Bonchev–Trinajstić information content (AvgIpc) is 3.42. The van der Waals surface area contributed by atoms with E-state index in [1.54, 1.807) is 6.20 Å². The van der Waals surface area contributed by atoms with Crippen LogP contribution in [0.5, 0.6) is 0 Å². The van der Waals surface area contributed by atoms with Crippen molar-refractivity contribution < 1.29 is 4.79 Å². The van der Waals surface area contributed by atoms with Crippen molar-refractivity contribution in [2.75, 3.05) is 6.54 Å². The lowest BCUT2D eigenvalue weighted by Crippen LogP contribution is -2.45. The van der Waals surface area contributed by atoms with Gasteiger partial charge in [0.25, 0.3) is 11.5 Å². The summed E-state index contributed by atoms with van der Waals surface area (Å²) >= 11 is 0. The highest BCUT2D eigenvalue weighted by atomic mass is 16.2. The lowest BCUT2D eigenvalue weighted by molar-refractivity contribution is 0.0598. The number of hydrogen-bond donors (Lipinski definition) is 1. The van der Waals surface area contributed by atoms with Gasteiger partial charge in [0, 0.05) is 50.6 Å². The maximum atomic E-state index is 13.0. The molecule has 0 spiro atoms. The van der Waals surface area contributed by atoms with Gasteiger partial charge in [0.1, 0.15) is 17.2 Å². The molecule has 26 heavy (non-hydrogen) atoms. The normalized spacial score (nSPS) is 20.3. The number of imidazole rings is 1. The second kappa shape index (κ2) is 7.05. The Balaban J connectivity index is 1.49. The van der Waals surface area contributed by atoms with Gasteiger partial charge in [0.15, 0.2) is 0 Å². The monoisotopic (exact) mass is 355 g/mol. The smallest absolute Gasteiger partial charge is 0.263 e. The standard InChI is InChI=1S/C19H25N5O2/c1-23-11-9-20-16(23)8-7-14-4-2-3-10-24(14)19(26)15-12-21-17(13-5-6-13)22-18(15)25/h9,11-14H,2-8,10H2,1H3,(H,21,22,25)/t14-/m0/s1. The number of aryl methyl sites for hydroxylation is 2. The highest BCUT2D eigenvalue weighted by molar-refractivity contribution is 5.93. The van der Waals surface area contributed by atoms with Crippen molar-refractivity contribution in [3.05, 3.63) is 46.2 Å². The fraction of sp³-hybridized carbons (Fsp3) is 0.579. The molecule has 0 aromatic carbocycles. The summed E-state index contributed by atoms with van der Waals surface area (Å²) in [6, 6.07) is 0.149. The molecule has 0 unspecified atom stereocenters. The number of likely N-dealkylation sites (tertiary alicyclic amines) is 1. The summed E-state index contributed by atoms with van der Waals surface area (Å²) in [5.41, 5.74) is -0.140. The number of carbonyl (C=O) groups is 1. The molecule has 7 nitrogen and oxygen atoms in total. The number of nitrogens with zero attached hydrogens (tertiary/aromatic N) is 4. The molecule has 1 amide bonds. The number of aromatic nitrogens is 4. The van der Waals surface area contributed by atoms with Crippen LogP contribution in [-0.4, -0.2) is 42.9 Å². The molecule has 1 saturated carbocycles. The molecule has 2 aliphatic rings. The molecule has 3 heterocycles. The van der Waals surface area contributed by atoms with E-state index >= 15 is 0 Å². The molecule has 1 atom stereocenters. The largest absolute Gasteiger partial charge is 0.338 e. The van der Waals surface area contributed by atoms with Gasteiger partial charge in [-0.15, -0.1) is 0 Å². The number of amides is 1. The second-order valence-corrected chi connectivity index (χ2v) is 7.43. The number of rotatable bonds is 5. The zero-order valence-electron chi connectivity index (χ0n) is 15.1. The molecule has 0 bridgehead atoms. The summed E-state index contributed by atoms with van der Waals surface area (Å²) in [7, 11) is 1.98. The quantitative estimate of drug-likeness (QED) is 0.889. The average molecular weight is 355 g/mol. The van der Waals surface area contributed by atoms with E-state index in [1.807, 2.05) is 22.7 Å². The number of H-pyrrole nitrogens is 1. The number of aromatic amines is 1. The molecule has 7 heteroatoms. The summed E-state index contributed by atoms with van der Waals surface area (Å²) in [6.07, 6.45) is 12.1. The predicted octanol–water partition coefficient (Wildman–Crippen LogP) is 2.01. The fourth-order valence-corrected chi connectivity index (χ4v) is 3.78. The van der Waals surface area contributed by atoms with E-state index in [0.29, 0.717) is 12.5 Å². The van der Waals surface area contributed by atoms with Gasteiger partial charge in [-0.1, -0.05) is 0 Å². The maximum Gasteiger partial charge on any atom is 0.263 e. The zero-order valence-corrected chi connectivity index (χ0v) is 15.1. The van der Waals surface area contributed by atoms with E-state index in [0.717, 1.165) is 56.6 Å². The van der Waals surface area contributed by atoms with Crippen LogP contribution in [0, 0.1) is 0 Å². The van der Waals surface area contributed by atoms with E-state index in [4.69, 9.17) is 0 Å². The van der Waals surface area contributed by atoms with Crippen LogP contribution in [-0.2, 0) is 13.5 Å². The summed E-state index contributed by atoms with van der Waals surface area (Å²) < 4.78 is 2.01. The second-order valence-electron chi connectivity index (χ2n) is 7.43. The fourth-order valence-electron chi connectivity index (χ4n) is 3.78. The Morgan fingerprint density at radius 2 is 2.12 bits per heavy atom. The number of piperidine rings is 1. The molecule has 1 aliphatic heterocycles. The molecule has 138 valence electrons. The molecule has 1 N–H and O–H groups in total. The van der Waals surface area contributed by atoms with Crippen molar-refractivity contribution in [3.63, 3.8) is 0 Å². The highest BCUT2D eigenvalue weighted by Crippen LogP contribution is 2.37. The van der Waals surface area contributed by atoms with Crippen LogP contribution in [0.1, 0.15) is 66.4 Å². The summed E-state index contributed by atoms with van der Waals surface area (Å²) in [5.74, 6) is 1.92. The minimum atomic E-state index is -0.305. The van der Waals surface area contributed by atoms with Gasteiger partial charge in [0.05, 0.1) is 0 Å². The highest BCUT2D eigenvalue weighted by Gasteiger charge is 2.31. The molecule has 1 aliphatic carbocycles. The van der Waals surface area contributed by atoms with Gasteiger partial charge in [-0.3, -0.25) is 9.59 Å². The molecular weight excluding hydrogens is 330 g/mol. The number of hydrogen-bond acceptors (Lipinski definition) is 4. The first-order valence-corrected chi connectivity index (χ1v) is 9.50. The lowest BCUT2D eigenvalue weighted by atomic mass is 9.97. The Morgan fingerprint density at radius 1 is 1.27 bits per heavy atom. The zero-order chi connectivity index (χ0) is 18.1. The van der Waals surface area contributed by atoms with E-state index in [1.165, 1.54) is 6.20 Å². The van der Waals surface area contributed by atoms with Crippen molar-refractivity contribution in [1.82, 2.24) is 24.4 Å². The van der Waals surface area contributed by atoms with Crippen molar-refractivity contribution in [2.24, 2.45) is 7.05 Å². The molecule has 1 saturated heterocycles. The van der Waals surface area contributed by atoms with Crippen LogP contribution in [0.15, 0.2) is 23.4 Å². The van der Waals surface area contributed by atoms with Crippen LogP contribution in [0.3, 0.4) is 0 Å². The van der Waals surface area contributed by atoms with Crippen LogP contribution >= 0.6 is 0 Å². The van der Waals surface area contributed by atoms with Gasteiger partial charge >= 0.3 is 0 Å². The molecule has 2 aromatic heterocycles. The molecule has 0 radical (unpaired) electrons. The van der Waals surface area contributed by atoms with E-state index < -0.39 is 0 Å².